The third kappa shape index (κ3) is 5.60. The van der Waals surface area contributed by atoms with E-state index in [0.717, 1.165) is 32.4 Å². The van der Waals surface area contributed by atoms with E-state index in [2.05, 4.69) is 22.1 Å². The van der Waals surface area contributed by atoms with Gasteiger partial charge in [-0.25, -0.2) is 13.1 Å². The van der Waals surface area contributed by atoms with E-state index in [1.165, 1.54) is 6.20 Å². The van der Waals surface area contributed by atoms with Gasteiger partial charge in [0.1, 0.15) is 4.90 Å². The van der Waals surface area contributed by atoms with Crippen molar-refractivity contribution in [2.45, 2.75) is 57.5 Å². The van der Waals surface area contributed by atoms with Crippen LogP contribution in [0.15, 0.2) is 17.3 Å². The molecule has 0 radical (unpaired) electrons. The molecule has 0 aromatic carbocycles. The highest BCUT2D eigenvalue weighted by molar-refractivity contribution is 7.89. The van der Waals surface area contributed by atoms with Crippen LogP contribution in [0.3, 0.4) is 0 Å². The zero-order chi connectivity index (χ0) is 15.0. The molecule has 7 heteroatoms. The highest BCUT2D eigenvalue weighted by Crippen LogP contribution is 2.09. The standard InChI is InChI=1S/C13H26N4O2S/c1-4-7-12(3)16-20(18,19)13-10-15-17(11-13)9-6-8-14-5-2/h10-12,14,16H,4-9H2,1-3H3. The Kier molecular flexibility index (Phi) is 7.18. The summed E-state index contributed by atoms with van der Waals surface area (Å²) in [6, 6.07) is -0.0536. The molecule has 1 unspecified atom stereocenters. The van der Waals surface area contributed by atoms with Gasteiger partial charge >= 0.3 is 0 Å². The quantitative estimate of drug-likeness (QED) is 0.640. The third-order valence-corrected chi connectivity index (χ3v) is 4.53. The molecule has 6 nitrogen and oxygen atoms in total. The molecule has 1 aromatic heterocycles. The number of hydrogen-bond donors (Lipinski definition) is 2. The van der Waals surface area contributed by atoms with Gasteiger partial charge in [-0.2, -0.15) is 5.10 Å². The van der Waals surface area contributed by atoms with E-state index in [1.54, 1.807) is 10.9 Å². The lowest BCUT2D eigenvalue weighted by Gasteiger charge is -2.11. The Bertz CT molecular complexity index is 484. The second-order valence-corrected chi connectivity index (χ2v) is 6.67. The molecule has 0 amide bonds. The largest absolute Gasteiger partial charge is 0.317 e. The maximum atomic E-state index is 12.1. The van der Waals surface area contributed by atoms with Crippen molar-refractivity contribution in [2.24, 2.45) is 0 Å². The summed E-state index contributed by atoms with van der Waals surface area (Å²) in [4.78, 5) is 0.240. The van der Waals surface area contributed by atoms with Crippen LogP contribution in [-0.2, 0) is 16.6 Å². The molecule has 0 aliphatic carbocycles. The van der Waals surface area contributed by atoms with Gasteiger partial charge in [-0.1, -0.05) is 20.3 Å². The summed E-state index contributed by atoms with van der Waals surface area (Å²) in [5, 5.41) is 7.33. The molecule has 2 N–H and O–H groups in total. The van der Waals surface area contributed by atoms with Crippen molar-refractivity contribution in [1.29, 1.82) is 0 Å². The van der Waals surface area contributed by atoms with Gasteiger partial charge in [0.15, 0.2) is 0 Å². The summed E-state index contributed by atoms with van der Waals surface area (Å²) >= 11 is 0. The molecular formula is C13H26N4O2S. The zero-order valence-electron chi connectivity index (χ0n) is 12.6. The van der Waals surface area contributed by atoms with Crippen LogP contribution in [0.25, 0.3) is 0 Å². The molecule has 1 atom stereocenters. The van der Waals surface area contributed by atoms with Crippen LogP contribution >= 0.6 is 0 Å². The lowest BCUT2D eigenvalue weighted by atomic mass is 10.2. The lowest BCUT2D eigenvalue weighted by molar-refractivity contribution is 0.541. The van der Waals surface area contributed by atoms with E-state index in [0.29, 0.717) is 6.54 Å². The monoisotopic (exact) mass is 302 g/mol. The maximum absolute atomic E-state index is 12.1. The van der Waals surface area contributed by atoms with Crippen molar-refractivity contribution in [3.05, 3.63) is 12.4 Å². The van der Waals surface area contributed by atoms with E-state index < -0.39 is 10.0 Å². The van der Waals surface area contributed by atoms with Crippen LogP contribution in [0.1, 0.15) is 40.0 Å². The average molecular weight is 302 g/mol. The van der Waals surface area contributed by atoms with Crippen molar-refractivity contribution in [3.8, 4) is 0 Å². The van der Waals surface area contributed by atoms with Crippen molar-refractivity contribution in [3.63, 3.8) is 0 Å². The Labute approximate surface area is 122 Å². The molecule has 20 heavy (non-hydrogen) atoms. The van der Waals surface area contributed by atoms with Crippen LogP contribution in [0.4, 0.5) is 0 Å². The van der Waals surface area contributed by atoms with Gasteiger partial charge in [-0.3, -0.25) is 4.68 Å². The van der Waals surface area contributed by atoms with E-state index >= 15 is 0 Å². The van der Waals surface area contributed by atoms with Crippen LogP contribution in [-0.4, -0.2) is 37.3 Å². The second kappa shape index (κ2) is 8.39. The first-order chi connectivity index (χ1) is 9.49. The molecule has 0 saturated heterocycles. The number of nitrogens with zero attached hydrogens (tertiary/aromatic N) is 2. The topological polar surface area (TPSA) is 76.0 Å². The minimum absolute atomic E-state index is 0.0536. The minimum atomic E-state index is -3.45. The third-order valence-electron chi connectivity index (χ3n) is 2.99. The molecule has 0 aliphatic rings. The first-order valence-electron chi connectivity index (χ1n) is 7.25. The highest BCUT2D eigenvalue weighted by Gasteiger charge is 2.18. The molecule has 1 rings (SSSR count). The molecule has 0 spiro atoms. The molecule has 0 aliphatic heterocycles. The van der Waals surface area contributed by atoms with Crippen molar-refractivity contribution in [2.75, 3.05) is 13.1 Å². The van der Waals surface area contributed by atoms with Crippen molar-refractivity contribution >= 4 is 10.0 Å². The first-order valence-corrected chi connectivity index (χ1v) is 8.73. The Morgan fingerprint density at radius 2 is 2.15 bits per heavy atom. The van der Waals surface area contributed by atoms with E-state index in [-0.39, 0.29) is 10.9 Å². The fourth-order valence-electron chi connectivity index (χ4n) is 1.97. The molecule has 0 fully saturated rings. The smallest absolute Gasteiger partial charge is 0.243 e. The van der Waals surface area contributed by atoms with Crippen LogP contribution in [0.2, 0.25) is 0 Å². The van der Waals surface area contributed by atoms with Gasteiger partial charge in [0.25, 0.3) is 0 Å². The SMILES string of the molecule is CCCC(C)NS(=O)(=O)c1cnn(CCCNCC)c1. The average Bonchev–Trinajstić information content (AvgIpc) is 2.84. The lowest BCUT2D eigenvalue weighted by Crippen LogP contribution is -2.32. The summed E-state index contributed by atoms with van der Waals surface area (Å²) in [5.74, 6) is 0. The number of aryl methyl sites for hydroxylation is 1. The van der Waals surface area contributed by atoms with Gasteiger partial charge in [-0.05, 0) is 32.9 Å². The number of sulfonamides is 1. The maximum Gasteiger partial charge on any atom is 0.243 e. The predicted molar refractivity (Wildman–Crippen MR) is 80.1 cm³/mol. The fraction of sp³-hybridized carbons (Fsp3) is 0.769. The van der Waals surface area contributed by atoms with E-state index in [9.17, 15) is 8.42 Å². The van der Waals surface area contributed by atoms with Crippen molar-refractivity contribution in [1.82, 2.24) is 19.8 Å². The normalized spacial score (nSPS) is 13.6. The van der Waals surface area contributed by atoms with Gasteiger partial charge in [0, 0.05) is 18.8 Å². The van der Waals surface area contributed by atoms with Gasteiger partial charge < -0.3 is 5.32 Å². The summed E-state index contributed by atoms with van der Waals surface area (Å²) in [5.41, 5.74) is 0. The Morgan fingerprint density at radius 3 is 2.80 bits per heavy atom. The molecule has 0 bridgehead atoms. The van der Waals surface area contributed by atoms with E-state index in [1.807, 2.05) is 13.8 Å². The Balaban J connectivity index is 2.56. The number of aromatic nitrogens is 2. The summed E-state index contributed by atoms with van der Waals surface area (Å²) in [6.07, 6.45) is 5.71. The Hall–Kier alpha value is -0.920. The van der Waals surface area contributed by atoms with Crippen molar-refractivity contribution < 1.29 is 8.42 Å². The van der Waals surface area contributed by atoms with Gasteiger partial charge in [-0.15, -0.1) is 0 Å². The number of hydrogen-bond acceptors (Lipinski definition) is 4. The zero-order valence-corrected chi connectivity index (χ0v) is 13.4. The Morgan fingerprint density at radius 1 is 1.40 bits per heavy atom. The molecule has 116 valence electrons. The first kappa shape index (κ1) is 17.1. The van der Waals surface area contributed by atoms with Crippen LogP contribution < -0.4 is 10.0 Å². The van der Waals surface area contributed by atoms with E-state index in [4.69, 9.17) is 0 Å². The molecule has 1 heterocycles. The summed E-state index contributed by atoms with van der Waals surface area (Å²) in [6.45, 7) is 8.53. The highest BCUT2D eigenvalue weighted by atomic mass is 32.2. The predicted octanol–water partition coefficient (Wildman–Crippen LogP) is 1.35. The minimum Gasteiger partial charge on any atom is -0.317 e. The molecule has 0 saturated carbocycles. The molecule has 1 aromatic rings. The second-order valence-electron chi connectivity index (χ2n) is 4.96. The summed E-state index contributed by atoms with van der Waals surface area (Å²) < 4.78 is 28.6. The fourth-order valence-corrected chi connectivity index (χ4v) is 3.20. The van der Waals surface area contributed by atoms with Gasteiger partial charge in [0.05, 0.1) is 6.20 Å². The van der Waals surface area contributed by atoms with Crippen LogP contribution in [0.5, 0.6) is 0 Å². The van der Waals surface area contributed by atoms with Gasteiger partial charge in [0.2, 0.25) is 10.0 Å². The number of rotatable bonds is 10. The number of nitrogens with one attached hydrogen (secondary N) is 2. The van der Waals surface area contributed by atoms with Crippen LogP contribution in [0, 0.1) is 0 Å². The molecular weight excluding hydrogens is 276 g/mol. The summed E-state index contributed by atoms with van der Waals surface area (Å²) in [7, 11) is -3.45.